The van der Waals surface area contributed by atoms with Crippen molar-refractivity contribution in [3.8, 4) is 0 Å². The Labute approximate surface area is 126 Å². The molecule has 0 bridgehead atoms. The summed E-state index contributed by atoms with van der Waals surface area (Å²) in [5.41, 5.74) is 8.12. The Morgan fingerprint density at radius 1 is 1.14 bits per heavy atom. The number of anilines is 2. The molecular weight excluding hydrogens is 260 g/mol. The summed E-state index contributed by atoms with van der Waals surface area (Å²) in [6.07, 6.45) is 3.59. The van der Waals surface area contributed by atoms with Crippen LogP contribution < -0.4 is 10.6 Å². The van der Waals surface area contributed by atoms with Crippen LogP contribution in [0.5, 0.6) is 0 Å². The monoisotopic (exact) mass is 282 g/mol. The van der Waals surface area contributed by atoms with E-state index in [9.17, 15) is 0 Å². The van der Waals surface area contributed by atoms with Crippen molar-refractivity contribution in [2.45, 2.75) is 26.2 Å². The molecule has 2 aromatic rings. The van der Waals surface area contributed by atoms with Crippen LogP contribution in [0.4, 0.5) is 11.8 Å². The first-order chi connectivity index (χ1) is 10.2. The lowest BCUT2D eigenvalue weighted by Gasteiger charge is -2.33. The van der Waals surface area contributed by atoms with Gasteiger partial charge in [0.2, 0.25) is 5.95 Å². The highest BCUT2D eigenvalue weighted by Crippen LogP contribution is 2.25. The molecular formula is C17H22N4. The maximum absolute atomic E-state index is 5.75. The molecule has 21 heavy (non-hydrogen) atoms. The molecule has 0 spiro atoms. The minimum Gasteiger partial charge on any atom is -0.368 e. The smallest absolute Gasteiger partial charge is 0.222 e. The van der Waals surface area contributed by atoms with Gasteiger partial charge in [0.05, 0.1) is 0 Å². The number of nitrogens with two attached hydrogens (primary N) is 1. The standard InChI is InChI=1S/C17H22N4/c1-13-11-16(20-17(18)19-13)21-9-7-15(8-10-21)12-14-5-3-2-4-6-14/h2-6,11,15H,7-10,12H2,1H3,(H2,18,19,20). The van der Waals surface area contributed by atoms with Gasteiger partial charge in [0.1, 0.15) is 5.82 Å². The third-order valence-corrected chi connectivity index (χ3v) is 4.16. The second-order valence-electron chi connectivity index (χ2n) is 5.85. The van der Waals surface area contributed by atoms with Gasteiger partial charge in [-0.05, 0) is 37.7 Å². The normalized spacial score (nSPS) is 16.1. The number of rotatable bonds is 3. The number of nitrogen functional groups attached to an aromatic ring is 1. The van der Waals surface area contributed by atoms with Gasteiger partial charge in [-0.3, -0.25) is 0 Å². The number of aromatic nitrogens is 2. The zero-order chi connectivity index (χ0) is 14.7. The zero-order valence-electron chi connectivity index (χ0n) is 12.5. The van der Waals surface area contributed by atoms with Gasteiger partial charge < -0.3 is 10.6 Å². The van der Waals surface area contributed by atoms with E-state index in [-0.39, 0.29) is 0 Å². The summed E-state index contributed by atoms with van der Waals surface area (Å²) in [5, 5.41) is 0. The molecule has 4 heteroatoms. The van der Waals surface area contributed by atoms with Crippen LogP contribution in [-0.4, -0.2) is 23.1 Å². The van der Waals surface area contributed by atoms with E-state index in [1.807, 2.05) is 13.0 Å². The number of hydrogen-bond acceptors (Lipinski definition) is 4. The number of benzene rings is 1. The maximum atomic E-state index is 5.75. The summed E-state index contributed by atoms with van der Waals surface area (Å²) < 4.78 is 0. The molecule has 3 rings (SSSR count). The Balaban J connectivity index is 1.60. The van der Waals surface area contributed by atoms with Gasteiger partial charge in [-0.2, -0.15) is 4.98 Å². The molecule has 0 atom stereocenters. The molecule has 1 aliphatic rings. The molecule has 0 saturated carbocycles. The summed E-state index contributed by atoms with van der Waals surface area (Å²) in [7, 11) is 0. The third-order valence-electron chi connectivity index (χ3n) is 4.16. The van der Waals surface area contributed by atoms with Crippen LogP contribution in [-0.2, 0) is 6.42 Å². The first kappa shape index (κ1) is 13.9. The molecule has 1 fully saturated rings. The van der Waals surface area contributed by atoms with E-state index in [0.717, 1.165) is 30.5 Å². The van der Waals surface area contributed by atoms with Crippen LogP contribution in [0.2, 0.25) is 0 Å². The summed E-state index contributed by atoms with van der Waals surface area (Å²) in [6, 6.07) is 12.8. The number of aryl methyl sites for hydroxylation is 1. The summed E-state index contributed by atoms with van der Waals surface area (Å²) >= 11 is 0. The van der Waals surface area contributed by atoms with Crippen LogP contribution in [0.25, 0.3) is 0 Å². The van der Waals surface area contributed by atoms with Gasteiger partial charge in [-0.25, -0.2) is 4.98 Å². The molecule has 0 unspecified atom stereocenters. The predicted molar refractivity (Wildman–Crippen MR) is 86.3 cm³/mol. The van der Waals surface area contributed by atoms with Crippen LogP contribution >= 0.6 is 0 Å². The van der Waals surface area contributed by atoms with E-state index < -0.39 is 0 Å². The average molecular weight is 282 g/mol. The van der Waals surface area contributed by atoms with Crippen molar-refractivity contribution in [2.75, 3.05) is 23.7 Å². The zero-order valence-corrected chi connectivity index (χ0v) is 12.5. The average Bonchev–Trinajstić information content (AvgIpc) is 2.48. The van der Waals surface area contributed by atoms with Gasteiger partial charge in [-0.1, -0.05) is 30.3 Å². The Morgan fingerprint density at radius 3 is 2.52 bits per heavy atom. The molecule has 4 nitrogen and oxygen atoms in total. The highest BCUT2D eigenvalue weighted by atomic mass is 15.2. The predicted octanol–water partition coefficient (Wildman–Crippen LogP) is 2.83. The van der Waals surface area contributed by atoms with E-state index in [2.05, 4.69) is 45.2 Å². The van der Waals surface area contributed by atoms with Crippen molar-refractivity contribution in [1.82, 2.24) is 9.97 Å². The van der Waals surface area contributed by atoms with Crippen LogP contribution in [0.15, 0.2) is 36.4 Å². The van der Waals surface area contributed by atoms with Crippen molar-refractivity contribution < 1.29 is 0 Å². The minimum atomic E-state index is 0.372. The second kappa shape index (κ2) is 6.12. The lowest BCUT2D eigenvalue weighted by atomic mass is 9.90. The molecule has 1 saturated heterocycles. The highest BCUT2D eigenvalue weighted by Gasteiger charge is 2.20. The Hall–Kier alpha value is -2.10. The number of nitrogens with zero attached hydrogens (tertiary/aromatic N) is 3. The molecule has 1 aromatic carbocycles. The largest absolute Gasteiger partial charge is 0.368 e. The lowest BCUT2D eigenvalue weighted by Crippen LogP contribution is -2.35. The first-order valence-electron chi connectivity index (χ1n) is 7.61. The van der Waals surface area contributed by atoms with Crippen molar-refractivity contribution in [1.29, 1.82) is 0 Å². The van der Waals surface area contributed by atoms with Gasteiger partial charge in [0, 0.05) is 24.8 Å². The Kier molecular flexibility index (Phi) is 4.04. The van der Waals surface area contributed by atoms with Crippen molar-refractivity contribution >= 4 is 11.8 Å². The van der Waals surface area contributed by atoms with Crippen LogP contribution in [0, 0.1) is 12.8 Å². The quantitative estimate of drug-likeness (QED) is 0.940. The lowest BCUT2D eigenvalue weighted by molar-refractivity contribution is 0.402. The molecule has 2 heterocycles. The van der Waals surface area contributed by atoms with Gasteiger partial charge in [0.25, 0.3) is 0 Å². The number of hydrogen-bond donors (Lipinski definition) is 1. The van der Waals surface area contributed by atoms with Crippen molar-refractivity contribution in [2.24, 2.45) is 5.92 Å². The summed E-state index contributed by atoms with van der Waals surface area (Å²) in [6.45, 7) is 4.06. The van der Waals surface area contributed by atoms with E-state index in [0.29, 0.717) is 5.95 Å². The fourth-order valence-corrected chi connectivity index (χ4v) is 3.05. The fraction of sp³-hybridized carbons (Fsp3) is 0.412. The first-order valence-corrected chi connectivity index (χ1v) is 7.61. The molecule has 0 radical (unpaired) electrons. The van der Waals surface area contributed by atoms with E-state index in [1.165, 1.54) is 24.8 Å². The third kappa shape index (κ3) is 3.51. The molecule has 1 aliphatic heterocycles. The van der Waals surface area contributed by atoms with Crippen molar-refractivity contribution in [3.05, 3.63) is 47.7 Å². The summed E-state index contributed by atoms with van der Waals surface area (Å²) in [5.74, 6) is 2.11. The summed E-state index contributed by atoms with van der Waals surface area (Å²) in [4.78, 5) is 10.8. The van der Waals surface area contributed by atoms with Crippen LogP contribution in [0.1, 0.15) is 24.1 Å². The fourth-order valence-electron chi connectivity index (χ4n) is 3.05. The second-order valence-corrected chi connectivity index (χ2v) is 5.85. The topological polar surface area (TPSA) is 55.0 Å². The van der Waals surface area contributed by atoms with Crippen LogP contribution in [0.3, 0.4) is 0 Å². The molecule has 2 N–H and O–H groups in total. The van der Waals surface area contributed by atoms with Crippen molar-refractivity contribution in [3.63, 3.8) is 0 Å². The van der Waals surface area contributed by atoms with Gasteiger partial charge in [-0.15, -0.1) is 0 Å². The van der Waals surface area contributed by atoms with E-state index >= 15 is 0 Å². The molecule has 0 aliphatic carbocycles. The Morgan fingerprint density at radius 2 is 1.86 bits per heavy atom. The van der Waals surface area contributed by atoms with E-state index in [1.54, 1.807) is 0 Å². The Bertz CT molecular complexity index is 569. The van der Waals surface area contributed by atoms with E-state index in [4.69, 9.17) is 5.73 Å². The molecule has 110 valence electrons. The van der Waals surface area contributed by atoms with Gasteiger partial charge >= 0.3 is 0 Å². The highest BCUT2D eigenvalue weighted by molar-refractivity contribution is 5.43. The van der Waals surface area contributed by atoms with Gasteiger partial charge in [0.15, 0.2) is 0 Å². The molecule has 1 aromatic heterocycles. The maximum Gasteiger partial charge on any atom is 0.222 e. The molecule has 0 amide bonds. The minimum absolute atomic E-state index is 0.372. The SMILES string of the molecule is Cc1cc(N2CCC(Cc3ccccc3)CC2)nc(N)n1. The number of piperidine rings is 1.